The molecule has 1 aliphatic rings. The van der Waals surface area contributed by atoms with Gasteiger partial charge in [-0.2, -0.15) is 0 Å². The van der Waals surface area contributed by atoms with E-state index < -0.39 is 89.6 Å². The fourth-order valence-electron chi connectivity index (χ4n) is 6.96. The smallest absolute Gasteiger partial charge is 0.462 e. The minimum Gasteiger partial charge on any atom is -0.462 e. The number of rotatable bonds is 41. The van der Waals surface area contributed by atoms with E-state index in [4.69, 9.17) is 18.5 Å². The molecule has 0 bridgehead atoms. The Morgan fingerprint density at radius 2 is 0.986 bits per heavy atom. The molecule has 0 amide bonds. The van der Waals surface area contributed by atoms with Gasteiger partial charge in [0.2, 0.25) is 0 Å². The number of unbranched alkanes of at least 4 members (excludes halogenated alkanes) is 11. The third-order valence-electron chi connectivity index (χ3n) is 11.0. The van der Waals surface area contributed by atoms with Crippen molar-refractivity contribution >= 4 is 27.6 Å². The second-order valence-electron chi connectivity index (χ2n) is 17.3. The number of phosphoric ester groups is 2. The Bertz CT molecular complexity index is 1750. The molecule has 0 aromatic carbocycles. The van der Waals surface area contributed by atoms with Crippen LogP contribution in [0.25, 0.3) is 0 Å². The van der Waals surface area contributed by atoms with Gasteiger partial charge in [-0.1, -0.05) is 156 Å². The SMILES string of the molecule is CCCCCC/C=C\C/C=C\C/C=C\CCCCCCCCC(=O)O[C@H](COC(=O)CCC/C=C\C/C=C\C/C=C\C/C=C\C=C\[C@@H](O)CC)COP(=O)(O)O[C@H]1C(O)C(O)C(O)[C@@H](OP(=O)(O)O)C1O. The summed E-state index contributed by atoms with van der Waals surface area (Å²) < 4.78 is 49.4. The lowest BCUT2D eigenvalue weighted by molar-refractivity contribution is -0.216. The number of aliphatic hydroxyl groups excluding tert-OH is 5. The molecule has 0 heterocycles. The van der Waals surface area contributed by atoms with Crippen LogP contribution in [0.3, 0.4) is 0 Å². The summed E-state index contributed by atoms with van der Waals surface area (Å²) in [6, 6.07) is 0. The Morgan fingerprint density at radius 3 is 1.52 bits per heavy atom. The average molecular weight is 1050 g/mol. The van der Waals surface area contributed by atoms with Gasteiger partial charge in [-0.05, 0) is 83.5 Å². The van der Waals surface area contributed by atoms with Gasteiger partial charge in [-0.25, -0.2) is 9.13 Å². The molecule has 17 nitrogen and oxygen atoms in total. The minimum atomic E-state index is -5.38. The number of hydrogen-bond donors (Lipinski definition) is 8. The summed E-state index contributed by atoms with van der Waals surface area (Å²) in [5.74, 6) is -1.32. The molecule has 1 aliphatic carbocycles. The molecule has 0 radical (unpaired) electrons. The lowest BCUT2D eigenvalue weighted by Gasteiger charge is -2.43. The van der Waals surface area contributed by atoms with Crippen LogP contribution in [0.5, 0.6) is 0 Å². The Balaban J connectivity index is 2.61. The lowest BCUT2D eigenvalue weighted by atomic mass is 9.85. The molecule has 8 N–H and O–H groups in total. The van der Waals surface area contributed by atoms with Crippen molar-refractivity contribution in [2.45, 2.75) is 204 Å². The van der Waals surface area contributed by atoms with Crippen molar-refractivity contribution in [1.29, 1.82) is 0 Å². The second kappa shape index (κ2) is 41.3. The van der Waals surface area contributed by atoms with E-state index in [1.54, 1.807) is 6.08 Å². The topological polar surface area (TPSA) is 276 Å². The van der Waals surface area contributed by atoms with Crippen LogP contribution in [-0.4, -0.2) is 114 Å². The van der Waals surface area contributed by atoms with Gasteiger partial charge in [0.15, 0.2) is 6.10 Å². The Kier molecular flexibility index (Phi) is 38.3. The second-order valence-corrected chi connectivity index (χ2v) is 19.9. The van der Waals surface area contributed by atoms with Crippen LogP contribution < -0.4 is 0 Å². The van der Waals surface area contributed by atoms with E-state index in [2.05, 4.69) is 60.1 Å². The van der Waals surface area contributed by atoms with Gasteiger partial charge in [0, 0.05) is 12.8 Å². The quantitative estimate of drug-likeness (QED) is 0.00931. The molecule has 1 rings (SSSR count). The molecular weight excluding hydrogens is 959 g/mol. The number of phosphoric acid groups is 2. The maximum Gasteiger partial charge on any atom is 0.472 e. The molecule has 1 saturated carbocycles. The highest BCUT2D eigenvalue weighted by Gasteiger charge is 2.54. The monoisotopic (exact) mass is 1040 g/mol. The van der Waals surface area contributed by atoms with Gasteiger partial charge < -0.3 is 49.7 Å². The van der Waals surface area contributed by atoms with Crippen LogP contribution >= 0.6 is 15.6 Å². The highest BCUT2D eigenvalue weighted by molar-refractivity contribution is 7.47. The van der Waals surface area contributed by atoms with E-state index in [9.17, 15) is 58.9 Å². The van der Waals surface area contributed by atoms with Crippen LogP contribution in [0.15, 0.2) is 97.2 Å². The molecule has 19 heteroatoms. The molecule has 5 unspecified atom stereocenters. The Hall–Kier alpha value is -3.12. The zero-order chi connectivity index (χ0) is 52.6. The average Bonchev–Trinajstić information content (AvgIpc) is 3.33. The van der Waals surface area contributed by atoms with Crippen molar-refractivity contribution in [3.8, 4) is 0 Å². The molecular formula is C52H86O17P2. The van der Waals surface area contributed by atoms with E-state index in [-0.39, 0.29) is 12.8 Å². The fraction of sp³-hybridized carbons (Fsp3) is 0.654. The number of aliphatic hydroxyl groups is 5. The van der Waals surface area contributed by atoms with Crippen molar-refractivity contribution in [1.82, 2.24) is 0 Å². The molecule has 0 aromatic rings. The number of hydrogen-bond acceptors (Lipinski definition) is 14. The molecule has 0 aromatic heterocycles. The van der Waals surface area contributed by atoms with Crippen LogP contribution in [0.4, 0.5) is 0 Å². The predicted molar refractivity (Wildman–Crippen MR) is 274 cm³/mol. The maximum absolute atomic E-state index is 13.0. The van der Waals surface area contributed by atoms with Gasteiger partial charge in [0.05, 0.1) is 12.7 Å². The first-order chi connectivity index (χ1) is 34.0. The number of esters is 2. The molecule has 1 fully saturated rings. The van der Waals surface area contributed by atoms with Crippen molar-refractivity contribution < 1.29 is 82.0 Å². The first-order valence-corrected chi connectivity index (χ1v) is 28.4. The van der Waals surface area contributed by atoms with Crippen molar-refractivity contribution in [3.05, 3.63) is 97.2 Å². The van der Waals surface area contributed by atoms with E-state index >= 15 is 0 Å². The number of carbonyl (C=O) groups is 2. The van der Waals surface area contributed by atoms with Crippen LogP contribution in [-0.2, 0) is 41.8 Å². The van der Waals surface area contributed by atoms with Crippen LogP contribution in [0.2, 0.25) is 0 Å². The highest BCUT2D eigenvalue weighted by Crippen LogP contribution is 2.49. The van der Waals surface area contributed by atoms with Gasteiger partial charge in [0.25, 0.3) is 0 Å². The molecule has 406 valence electrons. The standard InChI is InChI=1S/C52H86O17P2/c1-3-5-6-7-8-9-10-11-12-13-14-15-16-17-22-25-28-31-34-37-40-46(55)67-44(42-66-71(63,64)69-52-49(58)47(56)48(57)51(50(52)59)68-70(60,61)62)41-65-45(54)39-36-33-30-27-24-21-19-18-20-23-26-29-32-35-38-43(53)4-2/h9-10,12-13,15-16,19-21,23,27,29-30,32,35,38,43-44,47-53,56-59H,3-8,11,14,17-18,22,24-26,28,31,33-34,36-37,39-42H2,1-2H3,(H,63,64)(H2,60,61,62)/b10-9-,13-12-,16-15-,21-19-,23-20-,30-27-,32-29-,38-35+/t43-,44+,47?,48?,49?,50?,51+,52-/m0/s1. The van der Waals surface area contributed by atoms with Crippen LogP contribution in [0, 0.1) is 0 Å². The van der Waals surface area contributed by atoms with Crippen molar-refractivity contribution in [2.75, 3.05) is 13.2 Å². The molecule has 0 spiro atoms. The molecule has 9 atom stereocenters. The lowest BCUT2D eigenvalue weighted by Crippen LogP contribution is -2.64. The number of ether oxygens (including phenoxy) is 2. The summed E-state index contributed by atoms with van der Waals surface area (Å²) in [4.78, 5) is 54.4. The largest absolute Gasteiger partial charge is 0.472 e. The summed E-state index contributed by atoms with van der Waals surface area (Å²) in [6.07, 6.45) is 35.9. The predicted octanol–water partition coefficient (Wildman–Crippen LogP) is 9.31. The third kappa shape index (κ3) is 35.6. The Labute approximate surface area is 422 Å². The normalized spacial score (nSPS) is 22.1. The van der Waals surface area contributed by atoms with E-state index in [1.165, 1.54) is 25.7 Å². The van der Waals surface area contributed by atoms with Gasteiger partial charge in [0.1, 0.15) is 43.2 Å². The van der Waals surface area contributed by atoms with Gasteiger partial charge in [-0.15, -0.1) is 0 Å². The summed E-state index contributed by atoms with van der Waals surface area (Å²) in [5.41, 5.74) is 0. The maximum atomic E-state index is 13.0. The first kappa shape index (κ1) is 65.9. The fourth-order valence-corrected chi connectivity index (χ4v) is 8.50. The number of carbonyl (C=O) groups excluding carboxylic acids is 2. The van der Waals surface area contributed by atoms with Gasteiger partial charge >= 0.3 is 27.6 Å². The van der Waals surface area contributed by atoms with E-state index in [0.29, 0.717) is 32.1 Å². The summed E-state index contributed by atoms with van der Waals surface area (Å²) in [6.45, 7) is 2.70. The minimum absolute atomic E-state index is 0.00445. The van der Waals surface area contributed by atoms with Crippen molar-refractivity contribution in [3.63, 3.8) is 0 Å². The van der Waals surface area contributed by atoms with E-state index in [1.807, 2.05) is 49.5 Å². The molecule has 0 aliphatic heterocycles. The zero-order valence-electron chi connectivity index (χ0n) is 42.0. The van der Waals surface area contributed by atoms with Crippen molar-refractivity contribution in [2.24, 2.45) is 0 Å². The molecule has 71 heavy (non-hydrogen) atoms. The zero-order valence-corrected chi connectivity index (χ0v) is 43.8. The number of allylic oxidation sites excluding steroid dienone is 15. The summed E-state index contributed by atoms with van der Waals surface area (Å²) in [5, 5.41) is 50.8. The highest BCUT2D eigenvalue weighted by atomic mass is 31.2. The Morgan fingerprint density at radius 1 is 0.521 bits per heavy atom. The van der Waals surface area contributed by atoms with E-state index in [0.717, 1.165) is 70.6 Å². The first-order valence-electron chi connectivity index (χ1n) is 25.4. The summed E-state index contributed by atoms with van der Waals surface area (Å²) in [7, 11) is -10.7. The van der Waals surface area contributed by atoms with Gasteiger partial charge in [-0.3, -0.25) is 23.2 Å². The van der Waals surface area contributed by atoms with Crippen LogP contribution in [0.1, 0.15) is 155 Å². The molecule has 0 saturated heterocycles. The summed E-state index contributed by atoms with van der Waals surface area (Å²) >= 11 is 0. The third-order valence-corrected chi connectivity index (χ3v) is 12.6.